The van der Waals surface area contributed by atoms with Gasteiger partial charge in [-0.3, -0.25) is 4.98 Å². The summed E-state index contributed by atoms with van der Waals surface area (Å²) in [6.45, 7) is 0. The van der Waals surface area contributed by atoms with Crippen LogP contribution in [0.25, 0.3) is 22.2 Å². The van der Waals surface area contributed by atoms with E-state index in [1.165, 1.54) is 5.56 Å². The van der Waals surface area contributed by atoms with E-state index in [4.69, 9.17) is 11.5 Å². The van der Waals surface area contributed by atoms with Crippen molar-refractivity contribution in [3.63, 3.8) is 0 Å². The van der Waals surface area contributed by atoms with E-state index in [1.807, 2.05) is 18.2 Å². The quantitative estimate of drug-likeness (QED) is 0.772. The molecule has 0 saturated carbocycles. The maximum absolute atomic E-state index is 6.03. The number of nitrogen functional groups attached to an aromatic ring is 2. The summed E-state index contributed by atoms with van der Waals surface area (Å²) in [5, 5.41) is 1.72. The van der Waals surface area contributed by atoms with Crippen molar-refractivity contribution in [1.82, 2.24) is 15.0 Å². The largest absolute Gasteiger partial charge is 0.384 e. The van der Waals surface area contributed by atoms with Crippen molar-refractivity contribution in [3.8, 4) is 11.4 Å². The fourth-order valence-electron chi connectivity index (χ4n) is 2.19. The Morgan fingerprint density at radius 2 is 1.95 bits per heavy atom. The average Bonchev–Trinajstić information content (AvgIpc) is 2.48. The van der Waals surface area contributed by atoms with Crippen molar-refractivity contribution >= 4 is 34.2 Å². The molecular weight excluding hydrogens is 282 g/mol. The molecule has 0 fully saturated rings. The third-order valence-corrected chi connectivity index (χ3v) is 3.78. The summed E-state index contributed by atoms with van der Waals surface area (Å²) in [6.07, 6.45) is 5.57. The average molecular weight is 297 g/mol. The highest BCUT2D eigenvalue weighted by Crippen LogP contribution is 2.26. The minimum absolute atomic E-state index is 0.434. The first-order valence-electron chi connectivity index (χ1n) is 6.43. The predicted molar refractivity (Wildman–Crippen MR) is 88.8 cm³/mol. The molecule has 0 bridgehead atoms. The van der Waals surface area contributed by atoms with E-state index in [2.05, 4.69) is 21.2 Å². The van der Waals surface area contributed by atoms with Crippen molar-refractivity contribution in [3.05, 3.63) is 42.2 Å². The van der Waals surface area contributed by atoms with Gasteiger partial charge in [0.05, 0.1) is 11.4 Å². The fourth-order valence-corrected chi connectivity index (χ4v) is 2.70. The van der Waals surface area contributed by atoms with Gasteiger partial charge < -0.3 is 11.5 Å². The van der Waals surface area contributed by atoms with Gasteiger partial charge in [0.2, 0.25) is 0 Å². The van der Waals surface area contributed by atoms with Gasteiger partial charge in [-0.15, -0.1) is 0 Å². The van der Waals surface area contributed by atoms with Gasteiger partial charge in [-0.05, 0) is 36.1 Å². The molecule has 0 amide bonds. The summed E-state index contributed by atoms with van der Waals surface area (Å²) in [7, 11) is 0. The SMILES string of the molecule is CSCc1ccnc(-c2cc3cnc(N)cc3c(N)n2)c1. The highest BCUT2D eigenvalue weighted by molar-refractivity contribution is 7.97. The third kappa shape index (κ3) is 2.75. The number of rotatable bonds is 3. The molecule has 3 rings (SSSR count). The standard InChI is InChI=1S/C15H15N5S/c1-21-8-9-2-3-18-12(4-9)13-5-10-7-19-14(16)6-11(10)15(17)20-13/h2-7H,8H2,1H3,(H2,16,19)(H2,17,20). The van der Waals surface area contributed by atoms with Crippen LogP contribution in [0.15, 0.2) is 36.7 Å². The highest BCUT2D eigenvalue weighted by atomic mass is 32.2. The van der Waals surface area contributed by atoms with Crippen molar-refractivity contribution in [1.29, 1.82) is 0 Å². The van der Waals surface area contributed by atoms with Gasteiger partial charge >= 0.3 is 0 Å². The van der Waals surface area contributed by atoms with Crippen LogP contribution in [0.1, 0.15) is 5.56 Å². The molecule has 21 heavy (non-hydrogen) atoms. The third-order valence-electron chi connectivity index (χ3n) is 3.16. The summed E-state index contributed by atoms with van der Waals surface area (Å²) in [4.78, 5) is 12.9. The van der Waals surface area contributed by atoms with Gasteiger partial charge in [-0.2, -0.15) is 11.8 Å². The molecule has 0 radical (unpaired) electrons. The van der Waals surface area contributed by atoms with Gasteiger partial charge in [0.1, 0.15) is 11.6 Å². The van der Waals surface area contributed by atoms with Crippen LogP contribution in [0, 0.1) is 0 Å². The predicted octanol–water partition coefficient (Wildman–Crippen LogP) is 2.72. The topological polar surface area (TPSA) is 90.7 Å². The lowest BCUT2D eigenvalue weighted by Crippen LogP contribution is -1.98. The molecule has 0 unspecified atom stereocenters. The molecule has 0 spiro atoms. The van der Waals surface area contributed by atoms with Crippen LogP contribution in [0.3, 0.4) is 0 Å². The summed E-state index contributed by atoms with van der Waals surface area (Å²) in [5.41, 5.74) is 14.5. The second-order valence-electron chi connectivity index (χ2n) is 4.71. The first-order valence-corrected chi connectivity index (χ1v) is 7.83. The monoisotopic (exact) mass is 297 g/mol. The second-order valence-corrected chi connectivity index (χ2v) is 5.57. The molecule has 0 saturated heterocycles. The molecule has 3 heterocycles. The summed E-state index contributed by atoms with van der Waals surface area (Å²) >= 11 is 1.77. The number of nitrogens with zero attached hydrogens (tertiary/aromatic N) is 3. The molecule has 4 N–H and O–H groups in total. The number of anilines is 2. The summed E-state index contributed by atoms with van der Waals surface area (Å²) in [6, 6.07) is 7.71. The minimum atomic E-state index is 0.434. The molecule has 106 valence electrons. The zero-order valence-corrected chi connectivity index (χ0v) is 12.4. The maximum Gasteiger partial charge on any atom is 0.132 e. The molecule has 0 atom stereocenters. The molecule has 3 aromatic rings. The van der Waals surface area contributed by atoms with Gasteiger partial charge in [0.25, 0.3) is 0 Å². The molecular formula is C15H15N5S. The summed E-state index contributed by atoms with van der Waals surface area (Å²) in [5.74, 6) is 1.81. The van der Waals surface area contributed by atoms with Gasteiger partial charge in [0.15, 0.2) is 0 Å². The van der Waals surface area contributed by atoms with E-state index in [1.54, 1.807) is 30.2 Å². The number of pyridine rings is 3. The molecule has 0 aliphatic rings. The van der Waals surface area contributed by atoms with Crippen molar-refractivity contribution in [2.45, 2.75) is 5.75 Å². The number of fused-ring (bicyclic) bond motifs is 1. The Labute approximate surface area is 126 Å². The minimum Gasteiger partial charge on any atom is -0.384 e. The molecule has 0 aliphatic carbocycles. The maximum atomic E-state index is 6.03. The van der Waals surface area contributed by atoms with E-state index in [-0.39, 0.29) is 0 Å². The zero-order valence-electron chi connectivity index (χ0n) is 11.6. The van der Waals surface area contributed by atoms with Crippen LogP contribution in [0.4, 0.5) is 11.6 Å². The van der Waals surface area contributed by atoms with E-state index >= 15 is 0 Å². The highest BCUT2D eigenvalue weighted by Gasteiger charge is 2.08. The summed E-state index contributed by atoms with van der Waals surface area (Å²) < 4.78 is 0. The van der Waals surface area contributed by atoms with Crippen molar-refractivity contribution in [2.24, 2.45) is 0 Å². The smallest absolute Gasteiger partial charge is 0.132 e. The Morgan fingerprint density at radius 3 is 2.76 bits per heavy atom. The Hall–Kier alpha value is -2.34. The molecule has 5 nitrogen and oxygen atoms in total. The first kappa shape index (κ1) is 13.6. The van der Waals surface area contributed by atoms with Crippen LogP contribution < -0.4 is 11.5 Å². The lowest BCUT2D eigenvalue weighted by atomic mass is 10.1. The molecule has 3 aromatic heterocycles. The number of hydrogen-bond donors (Lipinski definition) is 2. The molecule has 0 aromatic carbocycles. The van der Waals surface area contributed by atoms with Crippen LogP contribution >= 0.6 is 11.8 Å². The normalized spacial score (nSPS) is 10.9. The van der Waals surface area contributed by atoms with E-state index in [9.17, 15) is 0 Å². The zero-order chi connectivity index (χ0) is 14.8. The van der Waals surface area contributed by atoms with Gasteiger partial charge in [-0.1, -0.05) is 0 Å². The number of aromatic nitrogens is 3. The van der Waals surface area contributed by atoms with Crippen LogP contribution in [-0.4, -0.2) is 21.2 Å². The number of nitrogens with two attached hydrogens (primary N) is 2. The van der Waals surface area contributed by atoms with Crippen molar-refractivity contribution in [2.75, 3.05) is 17.7 Å². The number of thioether (sulfide) groups is 1. The molecule has 0 aliphatic heterocycles. The Balaban J connectivity index is 2.12. The van der Waals surface area contributed by atoms with Gasteiger partial charge in [-0.25, -0.2) is 9.97 Å². The van der Waals surface area contributed by atoms with Gasteiger partial charge in [0, 0.05) is 28.9 Å². The molecule has 6 heteroatoms. The lowest BCUT2D eigenvalue weighted by molar-refractivity contribution is 1.23. The Morgan fingerprint density at radius 1 is 1.10 bits per heavy atom. The van der Waals surface area contributed by atoms with E-state index in [0.717, 1.165) is 27.9 Å². The lowest BCUT2D eigenvalue weighted by Gasteiger charge is -2.07. The van der Waals surface area contributed by atoms with E-state index in [0.29, 0.717) is 11.6 Å². The van der Waals surface area contributed by atoms with Crippen LogP contribution in [-0.2, 0) is 5.75 Å². The van der Waals surface area contributed by atoms with E-state index < -0.39 is 0 Å². The fraction of sp³-hybridized carbons (Fsp3) is 0.133. The first-order chi connectivity index (χ1) is 10.2. The Kier molecular flexibility index (Phi) is 3.62. The second kappa shape index (κ2) is 5.57. The van der Waals surface area contributed by atoms with Crippen LogP contribution in [0.5, 0.6) is 0 Å². The number of hydrogen-bond acceptors (Lipinski definition) is 6. The van der Waals surface area contributed by atoms with Crippen LogP contribution in [0.2, 0.25) is 0 Å². The Bertz CT molecular complexity index is 803. The van der Waals surface area contributed by atoms with Crippen molar-refractivity contribution < 1.29 is 0 Å².